The summed E-state index contributed by atoms with van der Waals surface area (Å²) in [7, 11) is 0. The summed E-state index contributed by atoms with van der Waals surface area (Å²) >= 11 is 0. The van der Waals surface area contributed by atoms with Gasteiger partial charge in [-0.05, 0) is 52.2 Å². The molecule has 1 aromatic carbocycles. The van der Waals surface area contributed by atoms with Gasteiger partial charge in [-0.1, -0.05) is 24.3 Å². The fourth-order valence-corrected chi connectivity index (χ4v) is 2.04. The molecule has 5 heteroatoms. The van der Waals surface area contributed by atoms with Crippen LogP contribution < -0.4 is 0 Å². The highest BCUT2D eigenvalue weighted by atomic mass is 16.6. The molecule has 0 fully saturated rings. The van der Waals surface area contributed by atoms with Crippen LogP contribution in [0.15, 0.2) is 24.3 Å². The highest BCUT2D eigenvalue weighted by Crippen LogP contribution is 2.16. The number of carboxylic acid groups (broad SMARTS) is 1. The van der Waals surface area contributed by atoms with Crippen LogP contribution in [0.5, 0.6) is 0 Å². The van der Waals surface area contributed by atoms with E-state index in [1.807, 2.05) is 58.9 Å². The van der Waals surface area contributed by atoms with Crippen molar-refractivity contribution in [1.29, 1.82) is 0 Å². The first kappa shape index (κ1) is 19.0. The maximum atomic E-state index is 12.3. The van der Waals surface area contributed by atoms with E-state index in [-0.39, 0.29) is 18.6 Å². The van der Waals surface area contributed by atoms with Gasteiger partial charge < -0.3 is 14.7 Å². The summed E-state index contributed by atoms with van der Waals surface area (Å²) < 4.78 is 5.44. The Morgan fingerprint density at radius 3 is 2.09 bits per heavy atom. The normalized spacial score (nSPS) is 11.4. The summed E-state index contributed by atoms with van der Waals surface area (Å²) in [5.41, 5.74) is 1.44. The monoisotopic (exact) mass is 321 g/mol. The van der Waals surface area contributed by atoms with Crippen molar-refractivity contribution in [3.05, 3.63) is 35.4 Å². The van der Waals surface area contributed by atoms with Gasteiger partial charge in [0.2, 0.25) is 0 Å². The lowest BCUT2D eigenvalue weighted by atomic mass is 10.1. The van der Waals surface area contributed by atoms with Crippen LogP contribution in [0.4, 0.5) is 4.79 Å². The molecule has 23 heavy (non-hydrogen) atoms. The van der Waals surface area contributed by atoms with Crippen molar-refractivity contribution in [3.8, 4) is 0 Å². The quantitative estimate of drug-likeness (QED) is 0.864. The maximum Gasteiger partial charge on any atom is 0.410 e. The summed E-state index contributed by atoms with van der Waals surface area (Å²) in [5.74, 6) is -0.801. The first-order valence-corrected chi connectivity index (χ1v) is 7.87. The second-order valence-electron chi connectivity index (χ2n) is 6.91. The lowest BCUT2D eigenvalue weighted by molar-refractivity contribution is -0.136. The minimum absolute atomic E-state index is 0.0246. The smallest absolute Gasteiger partial charge is 0.410 e. The molecule has 1 amide bonds. The molecule has 0 aliphatic carbocycles. The molecule has 0 saturated carbocycles. The Balaban J connectivity index is 2.73. The Morgan fingerprint density at radius 1 is 1.13 bits per heavy atom. The van der Waals surface area contributed by atoms with Gasteiger partial charge in [-0.3, -0.25) is 4.79 Å². The number of ether oxygens (including phenoxy) is 1. The van der Waals surface area contributed by atoms with Crippen molar-refractivity contribution in [2.45, 2.75) is 65.6 Å². The van der Waals surface area contributed by atoms with E-state index in [0.717, 1.165) is 11.1 Å². The number of aryl methyl sites for hydroxylation is 1. The number of hydrogen-bond donors (Lipinski definition) is 1. The molecular weight excluding hydrogens is 294 g/mol. The molecule has 1 aromatic rings. The molecule has 128 valence electrons. The average Bonchev–Trinajstić information content (AvgIpc) is 2.41. The van der Waals surface area contributed by atoms with Gasteiger partial charge in [0, 0.05) is 19.0 Å². The van der Waals surface area contributed by atoms with Crippen LogP contribution in [0, 0.1) is 0 Å². The second kappa shape index (κ2) is 7.99. The van der Waals surface area contributed by atoms with Crippen molar-refractivity contribution >= 4 is 12.1 Å². The predicted molar refractivity (Wildman–Crippen MR) is 89.3 cm³/mol. The first-order chi connectivity index (χ1) is 10.6. The molecule has 0 unspecified atom stereocenters. The summed E-state index contributed by atoms with van der Waals surface area (Å²) in [6.45, 7) is 9.91. The van der Waals surface area contributed by atoms with Gasteiger partial charge in [0.05, 0.1) is 0 Å². The minimum Gasteiger partial charge on any atom is -0.481 e. The Hall–Kier alpha value is -2.04. The number of nitrogens with zero attached hydrogens (tertiary/aromatic N) is 1. The summed E-state index contributed by atoms with van der Waals surface area (Å²) in [4.78, 5) is 24.6. The second-order valence-corrected chi connectivity index (χ2v) is 6.91. The van der Waals surface area contributed by atoms with Crippen molar-refractivity contribution < 1.29 is 19.4 Å². The van der Waals surface area contributed by atoms with Crippen molar-refractivity contribution in [3.63, 3.8) is 0 Å². The molecular formula is C18H27NO4. The number of amides is 1. The summed E-state index contributed by atoms with van der Waals surface area (Å²) in [5, 5.41) is 8.71. The molecule has 1 rings (SSSR count). The molecule has 5 nitrogen and oxygen atoms in total. The molecule has 1 N–H and O–H groups in total. The number of carbonyl (C=O) groups excluding carboxylic acids is 1. The Kier molecular flexibility index (Phi) is 6.61. The zero-order valence-corrected chi connectivity index (χ0v) is 14.6. The van der Waals surface area contributed by atoms with Crippen LogP contribution in [-0.4, -0.2) is 33.7 Å². The van der Waals surface area contributed by atoms with E-state index in [2.05, 4.69) is 0 Å². The Morgan fingerprint density at radius 2 is 1.65 bits per heavy atom. The highest BCUT2D eigenvalue weighted by molar-refractivity contribution is 5.68. The molecule has 0 radical (unpaired) electrons. The third-order valence-electron chi connectivity index (χ3n) is 3.25. The van der Waals surface area contributed by atoms with Gasteiger partial charge >= 0.3 is 12.1 Å². The minimum atomic E-state index is -0.801. The van der Waals surface area contributed by atoms with Gasteiger partial charge in [-0.25, -0.2) is 4.79 Å². The first-order valence-electron chi connectivity index (χ1n) is 7.87. The van der Waals surface area contributed by atoms with Crippen molar-refractivity contribution in [2.75, 3.05) is 0 Å². The Bertz CT molecular complexity index is 529. The molecule has 0 aliphatic heterocycles. The maximum absolute atomic E-state index is 12.3. The van der Waals surface area contributed by atoms with Crippen molar-refractivity contribution in [1.82, 2.24) is 4.90 Å². The van der Waals surface area contributed by atoms with Crippen LogP contribution in [0.1, 0.15) is 52.2 Å². The van der Waals surface area contributed by atoms with Gasteiger partial charge in [-0.15, -0.1) is 0 Å². The zero-order valence-electron chi connectivity index (χ0n) is 14.6. The summed E-state index contributed by atoms with van der Waals surface area (Å²) in [6.07, 6.45) is 0.299. The van der Waals surface area contributed by atoms with E-state index in [0.29, 0.717) is 13.0 Å². The van der Waals surface area contributed by atoms with Crippen molar-refractivity contribution in [2.24, 2.45) is 0 Å². The standard InChI is InChI=1S/C18H27NO4/c1-13(2)19(17(22)23-18(3,4)5)12-15-8-6-14(7-9-15)10-11-16(20)21/h6-9,13H,10-12H2,1-5H3,(H,20,21). The number of rotatable bonds is 6. The molecule has 0 heterocycles. The molecule has 0 bridgehead atoms. The van der Waals surface area contributed by atoms with E-state index in [9.17, 15) is 9.59 Å². The number of benzene rings is 1. The Labute approximate surface area is 138 Å². The average molecular weight is 321 g/mol. The van der Waals surface area contributed by atoms with Crippen LogP contribution in [-0.2, 0) is 22.5 Å². The third-order valence-corrected chi connectivity index (χ3v) is 3.25. The van der Waals surface area contributed by atoms with E-state index in [1.165, 1.54) is 0 Å². The summed E-state index contributed by atoms with van der Waals surface area (Å²) in [6, 6.07) is 7.70. The van der Waals surface area contributed by atoms with Gasteiger partial charge in [-0.2, -0.15) is 0 Å². The van der Waals surface area contributed by atoms with Gasteiger partial charge in [0.25, 0.3) is 0 Å². The highest BCUT2D eigenvalue weighted by Gasteiger charge is 2.24. The topological polar surface area (TPSA) is 66.8 Å². The third kappa shape index (κ3) is 7.17. The molecule has 0 saturated heterocycles. The fourth-order valence-electron chi connectivity index (χ4n) is 2.04. The van der Waals surface area contributed by atoms with Crippen LogP contribution in [0.25, 0.3) is 0 Å². The van der Waals surface area contributed by atoms with Crippen LogP contribution >= 0.6 is 0 Å². The fraction of sp³-hybridized carbons (Fsp3) is 0.556. The number of carboxylic acids is 1. The largest absolute Gasteiger partial charge is 0.481 e. The molecule has 0 aliphatic rings. The van der Waals surface area contributed by atoms with E-state index < -0.39 is 11.6 Å². The number of carbonyl (C=O) groups is 2. The molecule has 0 atom stereocenters. The van der Waals surface area contributed by atoms with Crippen LogP contribution in [0.2, 0.25) is 0 Å². The lowest BCUT2D eigenvalue weighted by Gasteiger charge is -2.30. The van der Waals surface area contributed by atoms with Gasteiger partial charge in [0.15, 0.2) is 0 Å². The van der Waals surface area contributed by atoms with E-state index in [1.54, 1.807) is 4.90 Å². The van der Waals surface area contributed by atoms with Gasteiger partial charge in [0.1, 0.15) is 5.60 Å². The lowest BCUT2D eigenvalue weighted by Crippen LogP contribution is -2.40. The van der Waals surface area contributed by atoms with Crippen LogP contribution in [0.3, 0.4) is 0 Å². The predicted octanol–water partition coefficient (Wildman–Crippen LogP) is 3.85. The molecule has 0 aromatic heterocycles. The molecule has 0 spiro atoms. The SMILES string of the molecule is CC(C)N(Cc1ccc(CCC(=O)O)cc1)C(=O)OC(C)(C)C. The van der Waals surface area contributed by atoms with E-state index in [4.69, 9.17) is 9.84 Å². The zero-order chi connectivity index (χ0) is 17.6. The number of hydrogen-bond acceptors (Lipinski definition) is 3. The van der Waals surface area contributed by atoms with E-state index >= 15 is 0 Å². The number of aliphatic carboxylic acids is 1.